The highest BCUT2D eigenvalue weighted by Crippen LogP contribution is 2.21. The molecule has 0 fully saturated rings. The minimum Gasteiger partial charge on any atom is -0.459 e. The molecule has 0 heterocycles. The van der Waals surface area contributed by atoms with Crippen LogP contribution >= 0.6 is 0 Å². The first-order valence-corrected chi connectivity index (χ1v) is 5.00. The molecule has 1 atom stereocenters. The average Bonchev–Trinajstić information content (AvgIpc) is 1.78. The molecule has 1 unspecified atom stereocenters. The van der Waals surface area contributed by atoms with Crippen LogP contribution in [0.25, 0.3) is 0 Å². The molecule has 0 saturated carbocycles. The van der Waals surface area contributed by atoms with Crippen molar-refractivity contribution in [1.29, 1.82) is 0 Å². The minimum absolute atomic E-state index is 0.0519. The Morgan fingerprint density at radius 2 is 1.64 bits per heavy atom. The molecule has 0 bridgehead atoms. The fraction of sp³-hybridized carbons (Fsp3) is 0.909. The van der Waals surface area contributed by atoms with E-state index in [0.717, 1.165) is 0 Å². The van der Waals surface area contributed by atoms with Crippen LogP contribution in [0.5, 0.6) is 0 Å². The zero-order valence-electron chi connectivity index (χ0n) is 10.2. The lowest BCUT2D eigenvalue weighted by atomic mass is 9.88. The van der Waals surface area contributed by atoms with Gasteiger partial charge in [-0.15, -0.1) is 0 Å². The second-order valence-electron chi connectivity index (χ2n) is 5.90. The third kappa shape index (κ3) is 6.89. The van der Waals surface area contributed by atoms with E-state index in [9.17, 15) is 4.79 Å². The molecule has 0 aliphatic carbocycles. The van der Waals surface area contributed by atoms with Gasteiger partial charge in [0.25, 0.3) is 0 Å². The number of ether oxygens (including phenoxy) is 1. The quantitative estimate of drug-likeness (QED) is 0.696. The maximum Gasteiger partial charge on any atom is 0.323 e. The fourth-order valence-corrected chi connectivity index (χ4v) is 1.12. The van der Waals surface area contributed by atoms with Gasteiger partial charge in [-0.25, -0.2) is 0 Å². The number of carbonyl (C=O) groups is 1. The lowest BCUT2D eigenvalue weighted by Gasteiger charge is -2.26. The number of esters is 1. The Balaban J connectivity index is 4.15. The molecule has 0 aromatic carbocycles. The second-order valence-corrected chi connectivity index (χ2v) is 5.90. The van der Waals surface area contributed by atoms with Crippen molar-refractivity contribution >= 4 is 5.97 Å². The Morgan fingerprint density at radius 1 is 1.21 bits per heavy atom. The van der Waals surface area contributed by atoms with Crippen LogP contribution in [0.3, 0.4) is 0 Å². The highest BCUT2D eigenvalue weighted by molar-refractivity contribution is 5.75. The maximum atomic E-state index is 11.5. The van der Waals surface area contributed by atoms with Crippen molar-refractivity contribution < 1.29 is 9.53 Å². The molecule has 0 aromatic rings. The monoisotopic (exact) mass is 201 g/mol. The van der Waals surface area contributed by atoms with Gasteiger partial charge in [0.05, 0.1) is 0 Å². The van der Waals surface area contributed by atoms with Gasteiger partial charge in [0.2, 0.25) is 0 Å². The van der Waals surface area contributed by atoms with Crippen molar-refractivity contribution in [3.05, 3.63) is 0 Å². The smallest absolute Gasteiger partial charge is 0.323 e. The van der Waals surface area contributed by atoms with Gasteiger partial charge in [0.15, 0.2) is 0 Å². The SMILES string of the molecule is CC(C)(C)CC(N)C(=O)OC(C)(C)C. The van der Waals surface area contributed by atoms with Gasteiger partial charge in [-0.1, -0.05) is 20.8 Å². The van der Waals surface area contributed by atoms with E-state index in [1.54, 1.807) is 0 Å². The lowest BCUT2D eigenvalue weighted by molar-refractivity contribution is -0.157. The van der Waals surface area contributed by atoms with Crippen molar-refractivity contribution in [3.8, 4) is 0 Å². The summed E-state index contributed by atoms with van der Waals surface area (Å²) in [6, 6.07) is -0.519. The Kier molecular flexibility index (Phi) is 4.13. The molecule has 0 saturated heterocycles. The first kappa shape index (κ1) is 13.4. The summed E-state index contributed by atoms with van der Waals surface area (Å²) in [6.45, 7) is 11.7. The predicted octanol–water partition coefficient (Wildman–Crippen LogP) is 2.09. The Morgan fingerprint density at radius 3 is 1.93 bits per heavy atom. The third-order valence-electron chi connectivity index (χ3n) is 1.54. The van der Waals surface area contributed by atoms with Crippen molar-refractivity contribution in [2.24, 2.45) is 11.1 Å². The topological polar surface area (TPSA) is 52.3 Å². The van der Waals surface area contributed by atoms with Crippen LogP contribution in [0.2, 0.25) is 0 Å². The van der Waals surface area contributed by atoms with Gasteiger partial charge in [0, 0.05) is 0 Å². The van der Waals surface area contributed by atoms with Crippen LogP contribution < -0.4 is 5.73 Å². The second kappa shape index (κ2) is 4.30. The number of carbonyl (C=O) groups excluding carboxylic acids is 1. The van der Waals surface area contributed by atoms with Crippen molar-refractivity contribution in [1.82, 2.24) is 0 Å². The van der Waals surface area contributed by atoms with E-state index in [1.165, 1.54) is 0 Å². The van der Waals surface area contributed by atoms with E-state index in [4.69, 9.17) is 10.5 Å². The summed E-state index contributed by atoms with van der Waals surface area (Å²) in [5, 5.41) is 0. The lowest BCUT2D eigenvalue weighted by Crippen LogP contribution is -2.39. The molecule has 2 N–H and O–H groups in total. The van der Waals surface area contributed by atoms with E-state index in [1.807, 2.05) is 20.8 Å². The summed E-state index contributed by atoms with van der Waals surface area (Å²) in [5.41, 5.74) is 5.34. The van der Waals surface area contributed by atoms with E-state index in [2.05, 4.69) is 20.8 Å². The summed E-state index contributed by atoms with van der Waals surface area (Å²) in [6.07, 6.45) is 0.641. The number of rotatable bonds is 2. The van der Waals surface area contributed by atoms with Gasteiger partial charge < -0.3 is 10.5 Å². The summed E-state index contributed by atoms with van der Waals surface area (Å²) < 4.78 is 5.18. The summed E-state index contributed by atoms with van der Waals surface area (Å²) >= 11 is 0. The van der Waals surface area contributed by atoms with Gasteiger partial charge >= 0.3 is 5.97 Å². The van der Waals surface area contributed by atoms with Gasteiger partial charge in [-0.05, 0) is 32.6 Å². The van der Waals surface area contributed by atoms with Crippen molar-refractivity contribution in [2.75, 3.05) is 0 Å². The first-order chi connectivity index (χ1) is 6.01. The molecular formula is C11H23NO2. The fourth-order valence-electron chi connectivity index (χ4n) is 1.12. The molecule has 84 valence electrons. The largest absolute Gasteiger partial charge is 0.459 e. The molecule has 0 amide bonds. The Bertz CT molecular complexity index is 198. The summed E-state index contributed by atoms with van der Waals surface area (Å²) in [4.78, 5) is 11.5. The third-order valence-corrected chi connectivity index (χ3v) is 1.54. The number of hydrogen-bond donors (Lipinski definition) is 1. The predicted molar refractivity (Wildman–Crippen MR) is 57.9 cm³/mol. The molecule has 14 heavy (non-hydrogen) atoms. The van der Waals surface area contributed by atoms with Gasteiger partial charge in [0.1, 0.15) is 11.6 Å². The molecule has 0 rings (SSSR count). The molecule has 0 aromatic heterocycles. The Labute approximate surface area is 87.0 Å². The molecule has 3 heteroatoms. The van der Waals surface area contributed by atoms with Crippen molar-refractivity contribution in [3.63, 3.8) is 0 Å². The zero-order chi connectivity index (χ0) is 11.6. The van der Waals surface area contributed by atoms with Gasteiger partial charge in [-0.3, -0.25) is 4.79 Å². The molecule has 0 radical (unpaired) electrons. The highest BCUT2D eigenvalue weighted by Gasteiger charge is 2.25. The molecule has 0 aliphatic heterocycles. The van der Waals surface area contributed by atoms with E-state index in [0.29, 0.717) is 6.42 Å². The minimum atomic E-state index is -0.519. The van der Waals surface area contributed by atoms with Crippen LogP contribution in [0.15, 0.2) is 0 Å². The first-order valence-electron chi connectivity index (χ1n) is 5.00. The van der Waals surface area contributed by atoms with Crippen LogP contribution in [-0.2, 0) is 9.53 Å². The molecule has 0 spiro atoms. The average molecular weight is 201 g/mol. The standard InChI is InChI=1S/C11H23NO2/c1-10(2,3)7-8(12)9(13)14-11(4,5)6/h8H,7,12H2,1-6H3. The van der Waals surface area contributed by atoms with E-state index >= 15 is 0 Å². The van der Waals surface area contributed by atoms with E-state index < -0.39 is 11.6 Å². The van der Waals surface area contributed by atoms with Crippen molar-refractivity contribution in [2.45, 2.75) is 59.6 Å². The van der Waals surface area contributed by atoms with Gasteiger partial charge in [-0.2, -0.15) is 0 Å². The summed E-state index contributed by atoms with van der Waals surface area (Å²) in [7, 11) is 0. The maximum absolute atomic E-state index is 11.5. The zero-order valence-corrected chi connectivity index (χ0v) is 10.2. The number of hydrogen-bond acceptors (Lipinski definition) is 3. The molecule has 3 nitrogen and oxygen atoms in total. The van der Waals surface area contributed by atoms with E-state index in [-0.39, 0.29) is 11.4 Å². The van der Waals surface area contributed by atoms with Crippen LogP contribution in [0.4, 0.5) is 0 Å². The van der Waals surface area contributed by atoms with Crippen LogP contribution in [0.1, 0.15) is 48.0 Å². The van der Waals surface area contributed by atoms with Crippen LogP contribution in [-0.4, -0.2) is 17.6 Å². The number of nitrogens with two attached hydrogens (primary N) is 1. The highest BCUT2D eigenvalue weighted by atomic mass is 16.6. The summed E-state index contributed by atoms with van der Waals surface area (Å²) in [5.74, 6) is -0.313. The molecule has 0 aliphatic rings. The van der Waals surface area contributed by atoms with Crippen LogP contribution in [0, 0.1) is 5.41 Å². The Hall–Kier alpha value is -0.570. The molecular weight excluding hydrogens is 178 g/mol. The normalized spacial score (nSPS) is 15.1.